The van der Waals surface area contributed by atoms with Crippen molar-refractivity contribution in [3.63, 3.8) is 0 Å². The van der Waals surface area contributed by atoms with Gasteiger partial charge in [-0.3, -0.25) is 4.40 Å². The van der Waals surface area contributed by atoms with E-state index in [-0.39, 0.29) is 10.5 Å². The van der Waals surface area contributed by atoms with Gasteiger partial charge in [-0.05, 0) is 6.07 Å². The van der Waals surface area contributed by atoms with Gasteiger partial charge in [0, 0.05) is 11.6 Å². The van der Waals surface area contributed by atoms with E-state index < -0.39 is 35.1 Å². The van der Waals surface area contributed by atoms with Gasteiger partial charge in [-0.25, -0.2) is 14.6 Å². The van der Waals surface area contributed by atoms with Crippen molar-refractivity contribution in [2.45, 2.75) is 12.4 Å². The lowest BCUT2D eigenvalue weighted by Gasteiger charge is -2.13. The fourth-order valence-electron chi connectivity index (χ4n) is 2.69. The smallest absolute Gasteiger partial charge is 0.288 e. The third kappa shape index (κ3) is 2.78. The number of aromatic nitrogens is 5. The predicted molar refractivity (Wildman–Crippen MR) is 82.6 cm³/mol. The van der Waals surface area contributed by atoms with Crippen LogP contribution in [0.4, 0.5) is 26.3 Å². The number of fused-ring (bicyclic) bond motifs is 2. The Hall–Kier alpha value is -2.82. The van der Waals surface area contributed by atoms with Crippen LogP contribution in [0.3, 0.4) is 0 Å². The number of halogens is 7. The van der Waals surface area contributed by atoms with E-state index in [1.807, 2.05) is 0 Å². The Morgan fingerprint density at radius 3 is 2.41 bits per heavy atom. The second-order valence-electron chi connectivity index (χ2n) is 5.53. The molecule has 0 aliphatic rings. The highest BCUT2D eigenvalue weighted by Gasteiger charge is 2.40. The van der Waals surface area contributed by atoms with Crippen LogP contribution in [-0.4, -0.2) is 24.1 Å². The van der Waals surface area contributed by atoms with Gasteiger partial charge in [0.1, 0.15) is 12.0 Å². The molecule has 5 nitrogen and oxygen atoms in total. The highest BCUT2D eigenvalue weighted by molar-refractivity contribution is 6.35. The van der Waals surface area contributed by atoms with Crippen LogP contribution in [0.15, 0.2) is 36.9 Å². The molecular formula is C15H6ClF6N5. The zero-order valence-corrected chi connectivity index (χ0v) is 13.6. The molecule has 3 aromatic heterocycles. The fraction of sp³-hybridized carbons (Fsp3) is 0.133. The summed E-state index contributed by atoms with van der Waals surface area (Å²) in [6.07, 6.45) is -7.37. The Bertz CT molecular complexity index is 1170. The van der Waals surface area contributed by atoms with Gasteiger partial charge in [0.15, 0.2) is 17.0 Å². The molecule has 0 N–H and O–H groups in total. The molecule has 140 valence electrons. The number of alkyl halides is 6. The Morgan fingerprint density at radius 1 is 1.00 bits per heavy atom. The average molecular weight is 406 g/mol. The van der Waals surface area contributed by atoms with Crippen LogP contribution in [0.25, 0.3) is 22.2 Å². The van der Waals surface area contributed by atoms with Crippen molar-refractivity contribution in [3.8, 4) is 5.69 Å². The van der Waals surface area contributed by atoms with Gasteiger partial charge in [0.25, 0.3) is 0 Å². The van der Waals surface area contributed by atoms with Crippen LogP contribution < -0.4 is 0 Å². The first-order valence-corrected chi connectivity index (χ1v) is 7.60. The lowest BCUT2D eigenvalue weighted by atomic mass is 10.2. The van der Waals surface area contributed by atoms with Gasteiger partial charge < -0.3 is 0 Å². The molecule has 0 unspecified atom stereocenters. The molecule has 0 saturated carbocycles. The third-order valence-corrected chi connectivity index (χ3v) is 4.10. The first kappa shape index (κ1) is 17.6. The van der Waals surface area contributed by atoms with Crippen LogP contribution in [0.5, 0.6) is 0 Å². The number of imidazole rings is 1. The summed E-state index contributed by atoms with van der Waals surface area (Å²) in [6, 6.07) is 4.55. The normalized spacial score (nSPS) is 13.0. The topological polar surface area (TPSA) is 48.0 Å². The molecule has 4 rings (SSSR count). The molecule has 12 heteroatoms. The molecule has 0 atom stereocenters. The van der Waals surface area contributed by atoms with Crippen LogP contribution in [0, 0.1) is 0 Å². The molecule has 3 heterocycles. The Morgan fingerprint density at radius 2 is 1.74 bits per heavy atom. The molecule has 0 radical (unpaired) electrons. The molecule has 4 aromatic rings. The van der Waals surface area contributed by atoms with Crippen molar-refractivity contribution in [2.75, 3.05) is 0 Å². The van der Waals surface area contributed by atoms with Crippen LogP contribution >= 0.6 is 11.6 Å². The number of benzene rings is 1. The zero-order valence-electron chi connectivity index (χ0n) is 12.8. The Kier molecular flexibility index (Phi) is 3.64. The van der Waals surface area contributed by atoms with Crippen molar-refractivity contribution >= 4 is 28.2 Å². The molecular weight excluding hydrogens is 400 g/mol. The van der Waals surface area contributed by atoms with Crippen molar-refractivity contribution in [1.29, 1.82) is 0 Å². The van der Waals surface area contributed by atoms with Crippen molar-refractivity contribution in [3.05, 3.63) is 53.3 Å². The zero-order chi connectivity index (χ0) is 19.6. The third-order valence-electron chi connectivity index (χ3n) is 3.79. The van der Waals surface area contributed by atoms with Gasteiger partial charge in [-0.15, -0.1) is 0 Å². The van der Waals surface area contributed by atoms with E-state index in [0.29, 0.717) is 17.9 Å². The van der Waals surface area contributed by atoms with E-state index in [9.17, 15) is 26.3 Å². The second-order valence-corrected chi connectivity index (χ2v) is 5.94. The molecule has 0 aliphatic heterocycles. The molecule has 1 aromatic carbocycles. The van der Waals surface area contributed by atoms with Gasteiger partial charge in [0.2, 0.25) is 0 Å². The van der Waals surface area contributed by atoms with Gasteiger partial charge >= 0.3 is 12.4 Å². The maximum absolute atomic E-state index is 13.5. The number of para-hydroxylation sites is 1. The minimum atomic E-state index is -4.96. The van der Waals surface area contributed by atoms with Crippen molar-refractivity contribution < 1.29 is 26.3 Å². The van der Waals surface area contributed by atoms with E-state index in [1.54, 1.807) is 12.1 Å². The summed E-state index contributed by atoms with van der Waals surface area (Å²) in [7, 11) is 0. The quantitative estimate of drug-likeness (QED) is 0.429. The first-order chi connectivity index (χ1) is 12.6. The number of rotatable bonds is 1. The van der Waals surface area contributed by atoms with Crippen molar-refractivity contribution in [1.82, 2.24) is 24.1 Å². The summed E-state index contributed by atoms with van der Waals surface area (Å²) in [4.78, 5) is 6.64. The maximum Gasteiger partial charge on any atom is 0.435 e. The lowest BCUT2D eigenvalue weighted by Crippen LogP contribution is -2.16. The lowest BCUT2D eigenvalue weighted by molar-refractivity contribution is -0.141. The summed E-state index contributed by atoms with van der Waals surface area (Å²) in [5.74, 6) is 0. The first-order valence-electron chi connectivity index (χ1n) is 7.22. The van der Waals surface area contributed by atoms with E-state index in [4.69, 9.17) is 11.6 Å². The van der Waals surface area contributed by atoms with E-state index >= 15 is 0 Å². The summed E-state index contributed by atoms with van der Waals surface area (Å²) in [5.41, 5.74) is -4.04. The van der Waals surface area contributed by atoms with E-state index in [0.717, 1.165) is 9.08 Å². The van der Waals surface area contributed by atoms with Gasteiger partial charge in [0.05, 0.1) is 16.7 Å². The second kappa shape index (κ2) is 5.59. The fourth-order valence-corrected chi connectivity index (χ4v) is 2.95. The van der Waals surface area contributed by atoms with Gasteiger partial charge in [-0.2, -0.15) is 31.4 Å². The molecule has 0 aliphatic carbocycles. The minimum absolute atomic E-state index is 0.0720. The van der Waals surface area contributed by atoms with Crippen LogP contribution in [0.2, 0.25) is 5.02 Å². The highest BCUT2D eigenvalue weighted by Crippen LogP contribution is 2.37. The molecule has 0 fully saturated rings. The maximum atomic E-state index is 13.5. The SMILES string of the molecule is FC(F)(F)c1cn2cnc(C(F)(F)F)c(-n3ncc4cccc(Cl)c43)c2n1. The summed E-state index contributed by atoms with van der Waals surface area (Å²) < 4.78 is 81.1. The van der Waals surface area contributed by atoms with Crippen molar-refractivity contribution in [2.24, 2.45) is 0 Å². The average Bonchev–Trinajstić information content (AvgIpc) is 3.17. The van der Waals surface area contributed by atoms with E-state index in [1.165, 1.54) is 12.3 Å². The standard InChI is InChI=1S/C15H6ClF6N5/c16-8-3-1-2-7-4-24-27(10(7)8)11-12(15(20,21)22)23-6-26-5-9(14(17,18)19)25-13(11)26/h1-6H. The largest absolute Gasteiger partial charge is 0.435 e. The molecule has 0 bridgehead atoms. The molecule has 0 spiro atoms. The minimum Gasteiger partial charge on any atom is -0.288 e. The van der Waals surface area contributed by atoms with Crippen LogP contribution in [0.1, 0.15) is 11.4 Å². The van der Waals surface area contributed by atoms with E-state index in [2.05, 4.69) is 15.1 Å². The monoisotopic (exact) mass is 405 g/mol. The highest BCUT2D eigenvalue weighted by atomic mass is 35.5. The Balaban J connectivity index is 2.14. The molecule has 0 saturated heterocycles. The Labute approximate surface area is 150 Å². The number of nitrogens with zero attached hydrogens (tertiary/aromatic N) is 5. The van der Waals surface area contributed by atoms with Crippen LogP contribution in [-0.2, 0) is 12.4 Å². The molecule has 27 heavy (non-hydrogen) atoms. The van der Waals surface area contributed by atoms with Gasteiger partial charge in [-0.1, -0.05) is 23.7 Å². The summed E-state index contributed by atoms with van der Waals surface area (Å²) in [5, 5.41) is 4.35. The molecule has 0 amide bonds. The number of hydrogen-bond donors (Lipinski definition) is 0. The predicted octanol–water partition coefficient (Wildman–Crippen LogP) is 4.76. The summed E-state index contributed by atoms with van der Waals surface area (Å²) in [6.45, 7) is 0. The number of hydrogen-bond acceptors (Lipinski definition) is 3. The summed E-state index contributed by atoms with van der Waals surface area (Å²) >= 11 is 6.08.